The van der Waals surface area contributed by atoms with Crippen molar-refractivity contribution >= 4 is 23.5 Å². The molecule has 0 spiro atoms. The van der Waals surface area contributed by atoms with Crippen LogP contribution in [0.3, 0.4) is 0 Å². The average molecular weight is 399 g/mol. The minimum absolute atomic E-state index is 0.165. The Hall–Kier alpha value is -2.88. The van der Waals surface area contributed by atoms with Crippen LogP contribution in [0.25, 0.3) is 0 Å². The predicted octanol–water partition coefficient (Wildman–Crippen LogP) is 1.54. The van der Waals surface area contributed by atoms with E-state index < -0.39 is 0 Å². The molecule has 1 fully saturated rings. The van der Waals surface area contributed by atoms with Gasteiger partial charge in [-0.2, -0.15) is 0 Å². The highest BCUT2D eigenvalue weighted by atomic mass is 32.2. The van der Waals surface area contributed by atoms with Crippen LogP contribution in [0.4, 0.5) is 5.82 Å². The lowest BCUT2D eigenvalue weighted by atomic mass is 10.3. The molecule has 4 heterocycles. The van der Waals surface area contributed by atoms with Gasteiger partial charge < -0.3 is 14.2 Å². The van der Waals surface area contributed by atoms with Crippen LogP contribution < -0.4 is 4.90 Å². The van der Waals surface area contributed by atoms with Crippen LogP contribution in [0.5, 0.6) is 0 Å². The first-order chi connectivity index (χ1) is 13.8. The Labute approximate surface area is 166 Å². The number of amides is 1. The number of aromatic nitrogens is 5. The molecule has 10 heteroatoms. The van der Waals surface area contributed by atoms with E-state index in [0.717, 1.165) is 37.8 Å². The molecule has 0 radical (unpaired) electrons. The van der Waals surface area contributed by atoms with Crippen molar-refractivity contribution < 1.29 is 9.21 Å². The summed E-state index contributed by atoms with van der Waals surface area (Å²) in [4.78, 5) is 21.0. The largest absolute Gasteiger partial charge is 0.467 e. The van der Waals surface area contributed by atoms with E-state index in [1.165, 1.54) is 11.8 Å². The molecule has 0 N–H and O–H groups in total. The first-order valence-electron chi connectivity index (χ1n) is 9.15. The second-order valence-corrected chi connectivity index (χ2v) is 7.41. The number of carbonyl (C=O) groups is 1. The van der Waals surface area contributed by atoms with Crippen LogP contribution in [-0.4, -0.2) is 67.9 Å². The van der Waals surface area contributed by atoms with Gasteiger partial charge in [-0.25, -0.2) is 9.67 Å². The maximum Gasteiger partial charge on any atom is 0.223 e. The van der Waals surface area contributed by atoms with Crippen molar-refractivity contribution in [3.05, 3.63) is 48.6 Å². The Balaban J connectivity index is 1.22. The van der Waals surface area contributed by atoms with Crippen LogP contribution in [0.1, 0.15) is 12.2 Å². The second kappa shape index (κ2) is 8.87. The molecule has 1 saturated heterocycles. The summed E-state index contributed by atoms with van der Waals surface area (Å²) < 4.78 is 7.01. The molecule has 0 unspecified atom stereocenters. The van der Waals surface area contributed by atoms with E-state index in [0.29, 0.717) is 23.9 Å². The average Bonchev–Trinajstić information content (AvgIpc) is 3.41. The Kier molecular flexibility index (Phi) is 5.86. The van der Waals surface area contributed by atoms with Gasteiger partial charge in [-0.15, -0.1) is 5.10 Å². The topological polar surface area (TPSA) is 93.2 Å². The molecular weight excluding hydrogens is 378 g/mol. The monoisotopic (exact) mass is 399 g/mol. The number of anilines is 1. The van der Waals surface area contributed by atoms with Crippen LogP contribution >= 0.6 is 11.8 Å². The van der Waals surface area contributed by atoms with Crippen molar-refractivity contribution in [2.75, 3.05) is 36.8 Å². The van der Waals surface area contributed by atoms with E-state index in [-0.39, 0.29) is 5.91 Å². The second-order valence-electron chi connectivity index (χ2n) is 6.35. The molecule has 146 valence electrons. The molecular formula is C18H21N7O2S. The maximum atomic E-state index is 12.5. The van der Waals surface area contributed by atoms with Crippen molar-refractivity contribution in [3.8, 4) is 0 Å². The molecule has 0 aromatic carbocycles. The molecule has 0 bridgehead atoms. The fraction of sp³-hybridized carbons (Fsp3) is 0.389. The van der Waals surface area contributed by atoms with E-state index in [1.54, 1.807) is 17.1 Å². The van der Waals surface area contributed by atoms with Crippen molar-refractivity contribution in [2.45, 2.75) is 18.1 Å². The summed E-state index contributed by atoms with van der Waals surface area (Å²) >= 11 is 1.48. The first kappa shape index (κ1) is 18.5. The number of thioether (sulfide) groups is 1. The normalized spacial score (nSPS) is 14.4. The van der Waals surface area contributed by atoms with E-state index in [4.69, 9.17) is 4.42 Å². The van der Waals surface area contributed by atoms with Crippen LogP contribution in [-0.2, 0) is 11.3 Å². The third-order valence-corrected chi connectivity index (χ3v) is 5.50. The van der Waals surface area contributed by atoms with Crippen LogP contribution in [0.15, 0.2) is 52.4 Å². The van der Waals surface area contributed by atoms with E-state index >= 15 is 0 Å². The molecule has 28 heavy (non-hydrogen) atoms. The van der Waals surface area contributed by atoms with Crippen molar-refractivity contribution in [3.63, 3.8) is 0 Å². The zero-order chi connectivity index (χ0) is 19.2. The van der Waals surface area contributed by atoms with Gasteiger partial charge in [-0.3, -0.25) is 4.79 Å². The zero-order valence-corrected chi connectivity index (χ0v) is 16.2. The number of furan rings is 1. The lowest BCUT2D eigenvalue weighted by Gasteiger charge is -2.35. The first-order valence-corrected chi connectivity index (χ1v) is 10.1. The SMILES string of the molecule is O=C(CCSc1nnnn1Cc1ccco1)N1CCN(c2ccccn2)CC1. The lowest BCUT2D eigenvalue weighted by Crippen LogP contribution is -2.49. The third-order valence-electron chi connectivity index (χ3n) is 4.54. The maximum absolute atomic E-state index is 12.5. The van der Waals surface area contributed by atoms with Crippen LogP contribution in [0, 0.1) is 0 Å². The highest BCUT2D eigenvalue weighted by Gasteiger charge is 2.21. The molecule has 3 aromatic heterocycles. The van der Waals surface area contributed by atoms with E-state index in [1.807, 2.05) is 35.2 Å². The minimum Gasteiger partial charge on any atom is -0.467 e. The van der Waals surface area contributed by atoms with Crippen LogP contribution in [0.2, 0.25) is 0 Å². The van der Waals surface area contributed by atoms with Crippen molar-refractivity contribution in [1.82, 2.24) is 30.1 Å². The zero-order valence-electron chi connectivity index (χ0n) is 15.3. The summed E-state index contributed by atoms with van der Waals surface area (Å²) in [7, 11) is 0. The molecule has 3 aromatic rings. The van der Waals surface area contributed by atoms with Gasteiger partial charge in [0.15, 0.2) is 0 Å². The fourth-order valence-corrected chi connectivity index (χ4v) is 3.87. The molecule has 0 atom stereocenters. The lowest BCUT2D eigenvalue weighted by molar-refractivity contribution is -0.131. The summed E-state index contributed by atoms with van der Waals surface area (Å²) in [5.41, 5.74) is 0. The molecule has 9 nitrogen and oxygen atoms in total. The minimum atomic E-state index is 0.165. The molecule has 1 aliphatic heterocycles. The van der Waals surface area contributed by atoms with E-state index in [2.05, 4.69) is 25.4 Å². The van der Waals surface area contributed by atoms with Gasteiger partial charge in [-0.1, -0.05) is 17.8 Å². The van der Waals surface area contributed by atoms with Gasteiger partial charge in [0.2, 0.25) is 11.1 Å². The summed E-state index contributed by atoms with van der Waals surface area (Å²) in [6, 6.07) is 9.60. The van der Waals surface area contributed by atoms with Gasteiger partial charge >= 0.3 is 0 Å². The number of nitrogens with zero attached hydrogens (tertiary/aromatic N) is 7. The van der Waals surface area contributed by atoms with Gasteiger partial charge in [0, 0.05) is 44.5 Å². The number of pyridine rings is 1. The summed E-state index contributed by atoms with van der Waals surface area (Å²) in [5, 5.41) is 12.4. The number of piperazine rings is 1. The Bertz CT molecular complexity index is 876. The number of tetrazole rings is 1. The predicted molar refractivity (Wildman–Crippen MR) is 104 cm³/mol. The summed E-state index contributed by atoms with van der Waals surface area (Å²) in [6.07, 6.45) is 3.88. The highest BCUT2D eigenvalue weighted by molar-refractivity contribution is 7.99. The Morgan fingerprint density at radius 1 is 1.14 bits per heavy atom. The van der Waals surface area contributed by atoms with Gasteiger partial charge in [0.25, 0.3) is 0 Å². The summed E-state index contributed by atoms with van der Waals surface area (Å²) in [5.74, 6) is 2.56. The molecule has 0 saturated carbocycles. The van der Waals surface area contributed by atoms with Gasteiger partial charge in [0.1, 0.15) is 18.1 Å². The van der Waals surface area contributed by atoms with Crippen molar-refractivity contribution in [1.29, 1.82) is 0 Å². The number of carbonyl (C=O) groups excluding carboxylic acids is 1. The Morgan fingerprint density at radius 2 is 2.04 bits per heavy atom. The number of rotatable bonds is 7. The van der Waals surface area contributed by atoms with Gasteiger partial charge in [-0.05, 0) is 34.7 Å². The quantitative estimate of drug-likeness (QED) is 0.553. The number of hydrogen-bond acceptors (Lipinski definition) is 8. The van der Waals surface area contributed by atoms with Gasteiger partial charge in [0.05, 0.1) is 6.26 Å². The standard InChI is InChI=1S/C18H21N7O2S/c26-17(24-10-8-23(9-11-24)16-5-1-2-7-19-16)6-13-28-18-20-21-22-25(18)14-15-4-3-12-27-15/h1-5,7,12H,6,8-11,13-14H2. The van der Waals surface area contributed by atoms with Crippen molar-refractivity contribution in [2.24, 2.45) is 0 Å². The van der Waals surface area contributed by atoms with E-state index in [9.17, 15) is 4.79 Å². The molecule has 1 amide bonds. The summed E-state index contributed by atoms with van der Waals surface area (Å²) in [6.45, 7) is 3.52. The Morgan fingerprint density at radius 3 is 2.79 bits per heavy atom. The highest BCUT2D eigenvalue weighted by Crippen LogP contribution is 2.18. The number of hydrogen-bond donors (Lipinski definition) is 0. The fourth-order valence-electron chi connectivity index (χ4n) is 3.06. The smallest absolute Gasteiger partial charge is 0.223 e. The molecule has 4 rings (SSSR count). The molecule has 1 aliphatic rings. The molecule has 0 aliphatic carbocycles. The third kappa shape index (κ3) is 4.50.